The lowest BCUT2D eigenvalue weighted by Gasteiger charge is -2.31. The molecule has 1 saturated heterocycles. The molecule has 1 aliphatic heterocycles. The average Bonchev–Trinajstić information content (AvgIpc) is 3.14. The molecule has 2 aromatic heterocycles. The van der Waals surface area contributed by atoms with Crippen molar-refractivity contribution in [2.75, 3.05) is 30.4 Å². The molecule has 3 rings (SSSR count). The first-order valence-corrected chi connectivity index (χ1v) is 8.80. The summed E-state index contributed by atoms with van der Waals surface area (Å²) in [7, 11) is 1.60. The van der Waals surface area contributed by atoms with Crippen LogP contribution < -0.4 is 20.3 Å². The molecule has 2 N–H and O–H groups in total. The lowest BCUT2D eigenvalue weighted by atomic mass is 9.99. The summed E-state index contributed by atoms with van der Waals surface area (Å²) in [5, 5.41) is 6.52. The minimum Gasteiger partial charge on any atom is -0.481 e. The molecule has 8 heteroatoms. The molecule has 0 aromatic carbocycles. The predicted octanol–water partition coefficient (Wildman–Crippen LogP) is 2.80. The monoisotopic (exact) mass is 361 g/mol. The van der Waals surface area contributed by atoms with Gasteiger partial charge in [-0.05, 0) is 43.1 Å². The number of rotatable bonds is 5. The van der Waals surface area contributed by atoms with Crippen molar-refractivity contribution in [3.63, 3.8) is 0 Å². The van der Waals surface area contributed by atoms with Crippen molar-refractivity contribution in [2.24, 2.45) is 5.92 Å². The SMILES string of the molecule is COc1cc(N2CCC(C)CC2)nc(NC(=S)NCc2ccco2)n1. The molecule has 25 heavy (non-hydrogen) atoms. The fourth-order valence-electron chi connectivity index (χ4n) is 2.70. The van der Waals surface area contributed by atoms with Crippen LogP contribution in [0.3, 0.4) is 0 Å². The zero-order chi connectivity index (χ0) is 17.6. The zero-order valence-corrected chi connectivity index (χ0v) is 15.3. The molecule has 3 heterocycles. The summed E-state index contributed by atoms with van der Waals surface area (Å²) >= 11 is 5.31. The molecule has 0 saturated carbocycles. The van der Waals surface area contributed by atoms with Crippen LogP contribution in [-0.2, 0) is 6.54 Å². The summed E-state index contributed by atoms with van der Waals surface area (Å²) in [6.07, 6.45) is 3.96. The van der Waals surface area contributed by atoms with Gasteiger partial charge in [0.05, 0.1) is 19.9 Å². The van der Waals surface area contributed by atoms with E-state index in [0.717, 1.165) is 43.4 Å². The number of anilines is 2. The third kappa shape index (κ3) is 4.82. The number of nitrogens with zero attached hydrogens (tertiary/aromatic N) is 3. The number of piperidine rings is 1. The second-order valence-corrected chi connectivity index (χ2v) is 6.56. The molecule has 0 radical (unpaired) electrons. The molecule has 0 bridgehead atoms. The maximum atomic E-state index is 5.31. The smallest absolute Gasteiger partial charge is 0.234 e. The Labute approximate surface area is 152 Å². The Balaban J connectivity index is 1.65. The van der Waals surface area contributed by atoms with Gasteiger partial charge in [0.15, 0.2) is 5.11 Å². The van der Waals surface area contributed by atoms with E-state index in [4.69, 9.17) is 21.4 Å². The van der Waals surface area contributed by atoms with E-state index in [1.54, 1.807) is 13.4 Å². The van der Waals surface area contributed by atoms with Crippen molar-refractivity contribution in [3.05, 3.63) is 30.2 Å². The number of hydrogen-bond acceptors (Lipinski definition) is 6. The van der Waals surface area contributed by atoms with Gasteiger partial charge in [-0.15, -0.1) is 0 Å². The van der Waals surface area contributed by atoms with Gasteiger partial charge in [-0.1, -0.05) is 6.92 Å². The molecule has 0 amide bonds. The molecule has 0 spiro atoms. The van der Waals surface area contributed by atoms with Crippen molar-refractivity contribution in [1.82, 2.24) is 15.3 Å². The van der Waals surface area contributed by atoms with Crippen LogP contribution in [0.25, 0.3) is 0 Å². The van der Waals surface area contributed by atoms with E-state index in [-0.39, 0.29) is 0 Å². The van der Waals surface area contributed by atoms with E-state index in [0.29, 0.717) is 23.5 Å². The maximum Gasteiger partial charge on any atom is 0.234 e. The Hall–Kier alpha value is -2.35. The third-order valence-corrected chi connectivity index (χ3v) is 4.48. The number of aromatic nitrogens is 2. The van der Waals surface area contributed by atoms with Crippen molar-refractivity contribution in [1.29, 1.82) is 0 Å². The minimum absolute atomic E-state index is 0.421. The summed E-state index contributed by atoms with van der Waals surface area (Å²) in [5.41, 5.74) is 0. The summed E-state index contributed by atoms with van der Waals surface area (Å²) in [5.74, 6) is 3.36. The van der Waals surface area contributed by atoms with Gasteiger partial charge in [-0.2, -0.15) is 9.97 Å². The normalized spacial score (nSPS) is 15.0. The van der Waals surface area contributed by atoms with Crippen LogP contribution in [0.1, 0.15) is 25.5 Å². The first-order valence-electron chi connectivity index (χ1n) is 8.39. The molecular weight excluding hydrogens is 338 g/mol. The zero-order valence-electron chi connectivity index (χ0n) is 14.5. The summed E-state index contributed by atoms with van der Waals surface area (Å²) in [6.45, 7) is 4.76. The quantitative estimate of drug-likeness (QED) is 0.788. The van der Waals surface area contributed by atoms with E-state index < -0.39 is 0 Å². The Kier molecular flexibility index (Phi) is 5.70. The molecule has 2 aromatic rings. The fourth-order valence-corrected chi connectivity index (χ4v) is 2.86. The van der Waals surface area contributed by atoms with Gasteiger partial charge in [0.25, 0.3) is 0 Å². The summed E-state index contributed by atoms with van der Waals surface area (Å²) < 4.78 is 10.6. The third-order valence-electron chi connectivity index (χ3n) is 4.23. The standard InChI is InChI=1S/C17H23N5O2S/c1-12-5-7-22(8-6-12)14-10-15(23-2)20-16(19-14)21-17(25)18-11-13-4-3-9-24-13/h3-4,9-10,12H,5-8,11H2,1-2H3,(H2,18,19,20,21,25). The number of methoxy groups -OCH3 is 1. The maximum absolute atomic E-state index is 5.31. The van der Waals surface area contributed by atoms with Crippen LogP contribution in [0, 0.1) is 5.92 Å². The van der Waals surface area contributed by atoms with Gasteiger partial charge in [-0.25, -0.2) is 0 Å². The van der Waals surface area contributed by atoms with E-state index in [1.165, 1.54) is 0 Å². The molecule has 0 atom stereocenters. The van der Waals surface area contributed by atoms with Crippen LogP contribution in [0.5, 0.6) is 5.88 Å². The average molecular weight is 361 g/mol. The van der Waals surface area contributed by atoms with Gasteiger partial charge in [-0.3, -0.25) is 0 Å². The van der Waals surface area contributed by atoms with E-state index in [2.05, 4.69) is 32.4 Å². The van der Waals surface area contributed by atoms with Crippen LogP contribution in [0.2, 0.25) is 0 Å². The van der Waals surface area contributed by atoms with E-state index >= 15 is 0 Å². The summed E-state index contributed by atoms with van der Waals surface area (Å²) in [4.78, 5) is 11.2. The molecule has 0 unspecified atom stereocenters. The van der Waals surface area contributed by atoms with E-state index in [9.17, 15) is 0 Å². The Morgan fingerprint density at radius 1 is 1.40 bits per heavy atom. The molecule has 7 nitrogen and oxygen atoms in total. The molecule has 1 fully saturated rings. The predicted molar refractivity (Wildman–Crippen MR) is 101 cm³/mol. The highest BCUT2D eigenvalue weighted by atomic mass is 32.1. The summed E-state index contributed by atoms with van der Waals surface area (Å²) in [6, 6.07) is 5.58. The van der Waals surface area contributed by atoms with Gasteiger partial charge in [0.2, 0.25) is 11.8 Å². The topological polar surface area (TPSA) is 75.5 Å². The highest BCUT2D eigenvalue weighted by molar-refractivity contribution is 7.80. The molecule has 1 aliphatic rings. The van der Waals surface area contributed by atoms with Crippen molar-refractivity contribution >= 4 is 29.1 Å². The Morgan fingerprint density at radius 2 is 2.20 bits per heavy atom. The van der Waals surface area contributed by atoms with Gasteiger partial charge >= 0.3 is 0 Å². The Bertz CT molecular complexity index is 699. The highest BCUT2D eigenvalue weighted by Crippen LogP contribution is 2.24. The van der Waals surface area contributed by atoms with Crippen molar-refractivity contribution in [3.8, 4) is 5.88 Å². The lowest BCUT2D eigenvalue weighted by Crippen LogP contribution is -2.34. The Morgan fingerprint density at radius 3 is 2.88 bits per heavy atom. The molecule has 134 valence electrons. The fraction of sp³-hybridized carbons (Fsp3) is 0.471. The number of thiocarbonyl (C=S) groups is 1. The molecular formula is C17H23N5O2S. The number of nitrogens with one attached hydrogen (secondary N) is 2. The molecule has 0 aliphatic carbocycles. The number of hydrogen-bond donors (Lipinski definition) is 2. The second-order valence-electron chi connectivity index (χ2n) is 6.15. The second kappa shape index (κ2) is 8.15. The first kappa shape index (κ1) is 17.5. The first-order chi connectivity index (χ1) is 12.1. The van der Waals surface area contributed by atoms with Crippen molar-refractivity contribution in [2.45, 2.75) is 26.3 Å². The highest BCUT2D eigenvalue weighted by Gasteiger charge is 2.19. The van der Waals surface area contributed by atoms with Crippen molar-refractivity contribution < 1.29 is 9.15 Å². The van der Waals surface area contributed by atoms with Crippen LogP contribution in [0.15, 0.2) is 28.9 Å². The number of furan rings is 1. The van der Waals surface area contributed by atoms with Crippen LogP contribution in [-0.4, -0.2) is 35.3 Å². The number of ether oxygens (including phenoxy) is 1. The lowest BCUT2D eigenvalue weighted by molar-refractivity contribution is 0.396. The van der Waals surface area contributed by atoms with Crippen LogP contribution >= 0.6 is 12.2 Å². The van der Waals surface area contributed by atoms with Crippen LogP contribution in [0.4, 0.5) is 11.8 Å². The largest absolute Gasteiger partial charge is 0.481 e. The minimum atomic E-state index is 0.421. The van der Waals surface area contributed by atoms with Gasteiger partial charge < -0.3 is 24.7 Å². The van der Waals surface area contributed by atoms with E-state index in [1.807, 2.05) is 18.2 Å². The van der Waals surface area contributed by atoms with Gasteiger partial charge in [0, 0.05) is 19.2 Å². The van der Waals surface area contributed by atoms with Gasteiger partial charge in [0.1, 0.15) is 11.6 Å².